The van der Waals surface area contributed by atoms with Crippen LogP contribution in [0.1, 0.15) is 18.1 Å². The zero-order valence-corrected chi connectivity index (χ0v) is 14.8. The maximum Gasteiger partial charge on any atom is 0.0701 e. The Bertz CT molecular complexity index is 571. The lowest BCUT2D eigenvalue weighted by Crippen LogP contribution is -2.20. The number of halogens is 2. The molecule has 5 heteroatoms. The number of thiophene rings is 1. The molecule has 0 amide bonds. The zero-order chi connectivity index (χ0) is 14.5. The van der Waals surface area contributed by atoms with E-state index < -0.39 is 0 Å². The topological polar surface area (TPSA) is 15.3 Å². The van der Waals surface area contributed by atoms with Gasteiger partial charge in [0.05, 0.1) is 3.79 Å². The van der Waals surface area contributed by atoms with E-state index in [1.165, 1.54) is 20.6 Å². The zero-order valence-electron chi connectivity index (χ0n) is 11.6. The summed E-state index contributed by atoms with van der Waals surface area (Å²) in [6, 6.07) is 8.25. The van der Waals surface area contributed by atoms with E-state index in [-0.39, 0.29) is 0 Å². The molecule has 1 heterocycles. The Morgan fingerprint density at radius 2 is 2.15 bits per heavy atom. The number of nitrogens with one attached hydrogen (secondary N) is 1. The minimum absolute atomic E-state index is 0.776. The monoisotopic (exact) mass is 372 g/mol. The number of nitrogens with zero attached hydrogens (tertiary/aromatic N) is 1. The average Bonchev–Trinajstić information content (AvgIpc) is 2.82. The Balaban J connectivity index is 2.18. The fraction of sp³-hybridized carbons (Fsp3) is 0.333. The van der Waals surface area contributed by atoms with E-state index >= 15 is 0 Å². The van der Waals surface area contributed by atoms with E-state index in [1.54, 1.807) is 11.3 Å². The first-order valence-electron chi connectivity index (χ1n) is 6.53. The van der Waals surface area contributed by atoms with Crippen molar-refractivity contribution < 1.29 is 0 Å². The van der Waals surface area contributed by atoms with Crippen LogP contribution in [-0.2, 0) is 13.1 Å². The lowest BCUT2D eigenvalue weighted by atomic mass is 10.1. The molecule has 1 N–H and O–H groups in total. The molecule has 108 valence electrons. The van der Waals surface area contributed by atoms with Crippen LogP contribution < -0.4 is 10.2 Å². The maximum absolute atomic E-state index is 6.15. The van der Waals surface area contributed by atoms with E-state index in [1.807, 2.05) is 12.1 Å². The van der Waals surface area contributed by atoms with Gasteiger partial charge < -0.3 is 10.2 Å². The molecule has 2 rings (SSSR count). The highest BCUT2D eigenvalue weighted by atomic mass is 79.9. The number of hydrogen-bond acceptors (Lipinski definition) is 3. The predicted molar refractivity (Wildman–Crippen MR) is 93.0 cm³/mol. The molecule has 1 aromatic carbocycles. The van der Waals surface area contributed by atoms with Gasteiger partial charge in [-0.3, -0.25) is 0 Å². The summed E-state index contributed by atoms with van der Waals surface area (Å²) in [4.78, 5) is 2.24. The van der Waals surface area contributed by atoms with E-state index in [4.69, 9.17) is 11.6 Å². The largest absolute Gasteiger partial charge is 0.370 e. The third kappa shape index (κ3) is 4.22. The van der Waals surface area contributed by atoms with Crippen molar-refractivity contribution in [2.75, 3.05) is 18.5 Å². The van der Waals surface area contributed by atoms with Crippen LogP contribution in [0.2, 0.25) is 5.02 Å². The van der Waals surface area contributed by atoms with E-state index in [2.05, 4.69) is 57.6 Å². The van der Waals surface area contributed by atoms with Gasteiger partial charge in [-0.05, 0) is 57.2 Å². The standard InChI is InChI=1S/C15H18BrClN2S/c1-3-18-8-12-4-5-13(17)7-14(12)19(2)9-11-6-15(16)20-10-11/h4-7,10,18H,3,8-9H2,1-2H3. The van der Waals surface area contributed by atoms with Crippen molar-refractivity contribution in [2.45, 2.75) is 20.0 Å². The molecular weight excluding hydrogens is 356 g/mol. The molecule has 0 fully saturated rings. The van der Waals surface area contributed by atoms with Crippen molar-refractivity contribution in [3.8, 4) is 0 Å². The molecule has 0 radical (unpaired) electrons. The van der Waals surface area contributed by atoms with Crippen LogP contribution in [0.4, 0.5) is 5.69 Å². The first kappa shape index (κ1) is 15.8. The molecule has 0 aliphatic rings. The summed E-state index contributed by atoms with van der Waals surface area (Å²) in [6.07, 6.45) is 0. The number of benzene rings is 1. The van der Waals surface area contributed by atoms with Crippen LogP contribution in [0.5, 0.6) is 0 Å². The first-order valence-corrected chi connectivity index (χ1v) is 8.58. The highest BCUT2D eigenvalue weighted by Gasteiger charge is 2.09. The van der Waals surface area contributed by atoms with E-state index in [9.17, 15) is 0 Å². The second-order valence-electron chi connectivity index (χ2n) is 4.67. The smallest absolute Gasteiger partial charge is 0.0701 e. The van der Waals surface area contributed by atoms with Gasteiger partial charge in [-0.15, -0.1) is 11.3 Å². The molecule has 2 nitrogen and oxygen atoms in total. The fourth-order valence-corrected chi connectivity index (χ4v) is 3.46. The fourth-order valence-electron chi connectivity index (χ4n) is 2.09. The Kier molecular flexibility index (Phi) is 5.90. The van der Waals surface area contributed by atoms with Crippen LogP contribution in [0.15, 0.2) is 33.4 Å². The van der Waals surface area contributed by atoms with E-state index in [0.29, 0.717) is 0 Å². The van der Waals surface area contributed by atoms with Crippen LogP contribution in [0, 0.1) is 0 Å². The average molecular weight is 374 g/mol. The summed E-state index contributed by atoms with van der Waals surface area (Å²) in [5, 5.41) is 6.32. The molecule has 2 aromatic rings. The lowest BCUT2D eigenvalue weighted by Gasteiger charge is -2.22. The van der Waals surface area contributed by atoms with Gasteiger partial charge in [0.25, 0.3) is 0 Å². The molecule has 0 bridgehead atoms. The van der Waals surface area contributed by atoms with Crippen LogP contribution in [-0.4, -0.2) is 13.6 Å². The highest BCUT2D eigenvalue weighted by Crippen LogP contribution is 2.27. The van der Waals surface area contributed by atoms with Crippen LogP contribution >= 0.6 is 38.9 Å². The van der Waals surface area contributed by atoms with Crippen LogP contribution in [0.3, 0.4) is 0 Å². The predicted octanol–water partition coefficient (Wildman–Crippen LogP) is 4.91. The van der Waals surface area contributed by atoms with Gasteiger partial charge >= 0.3 is 0 Å². The van der Waals surface area contributed by atoms with Gasteiger partial charge in [0.1, 0.15) is 0 Å². The molecule has 0 unspecified atom stereocenters. The summed E-state index contributed by atoms with van der Waals surface area (Å²) in [7, 11) is 2.10. The Morgan fingerprint density at radius 3 is 2.80 bits per heavy atom. The Labute approximate surface area is 137 Å². The third-order valence-electron chi connectivity index (χ3n) is 3.07. The van der Waals surface area contributed by atoms with Gasteiger partial charge in [0.2, 0.25) is 0 Å². The van der Waals surface area contributed by atoms with Crippen molar-refractivity contribution in [3.05, 3.63) is 49.6 Å². The summed E-state index contributed by atoms with van der Waals surface area (Å²) in [5.41, 5.74) is 3.76. The number of hydrogen-bond donors (Lipinski definition) is 1. The number of rotatable bonds is 6. The molecule has 0 saturated heterocycles. The van der Waals surface area contributed by atoms with Crippen molar-refractivity contribution in [2.24, 2.45) is 0 Å². The van der Waals surface area contributed by atoms with Gasteiger partial charge in [-0.1, -0.05) is 24.6 Å². The summed E-state index contributed by atoms with van der Waals surface area (Å²) in [6.45, 7) is 4.81. The number of anilines is 1. The Hall–Kier alpha value is -0.550. The van der Waals surface area contributed by atoms with Crippen molar-refractivity contribution in [1.29, 1.82) is 0 Å². The molecule has 20 heavy (non-hydrogen) atoms. The van der Waals surface area contributed by atoms with E-state index in [0.717, 1.165) is 24.7 Å². The van der Waals surface area contributed by atoms with Crippen molar-refractivity contribution >= 4 is 44.6 Å². The summed E-state index contributed by atoms with van der Waals surface area (Å²) in [5.74, 6) is 0. The maximum atomic E-state index is 6.15. The minimum Gasteiger partial charge on any atom is -0.370 e. The molecule has 1 aromatic heterocycles. The van der Waals surface area contributed by atoms with Crippen LogP contribution in [0.25, 0.3) is 0 Å². The Morgan fingerprint density at radius 1 is 1.35 bits per heavy atom. The van der Waals surface area contributed by atoms with Crippen molar-refractivity contribution in [3.63, 3.8) is 0 Å². The minimum atomic E-state index is 0.776. The normalized spacial score (nSPS) is 10.8. The first-order chi connectivity index (χ1) is 9.60. The lowest BCUT2D eigenvalue weighted by molar-refractivity contribution is 0.723. The molecule has 0 spiro atoms. The van der Waals surface area contributed by atoms with Crippen molar-refractivity contribution in [1.82, 2.24) is 5.32 Å². The van der Waals surface area contributed by atoms with Gasteiger partial charge in [0.15, 0.2) is 0 Å². The molecule has 0 saturated carbocycles. The quantitative estimate of drug-likeness (QED) is 0.774. The van der Waals surface area contributed by atoms with Gasteiger partial charge in [-0.2, -0.15) is 0 Å². The summed E-state index contributed by atoms with van der Waals surface area (Å²) >= 11 is 11.4. The highest BCUT2D eigenvalue weighted by molar-refractivity contribution is 9.11. The second kappa shape index (κ2) is 7.46. The molecule has 0 aliphatic heterocycles. The summed E-state index contributed by atoms with van der Waals surface area (Å²) < 4.78 is 1.17. The van der Waals surface area contributed by atoms with Gasteiger partial charge in [0, 0.05) is 30.8 Å². The van der Waals surface area contributed by atoms with Gasteiger partial charge in [-0.25, -0.2) is 0 Å². The molecule has 0 aliphatic carbocycles. The molecular formula is C15H18BrClN2S. The second-order valence-corrected chi connectivity index (χ2v) is 7.40. The third-order valence-corrected chi connectivity index (χ3v) is 4.85. The molecule has 0 atom stereocenters. The SMILES string of the molecule is CCNCc1ccc(Cl)cc1N(C)Cc1csc(Br)c1.